The van der Waals surface area contributed by atoms with Crippen molar-refractivity contribution in [3.05, 3.63) is 17.5 Å². The molecule has 1 atom stereocenters. The fourth-order valence-electron chi connectivity index (χ4n) is 2.19. The van der Waals surface area contributed by atoms with Crippen molar-refractivity contribution in [1.29, 1.82) is 0 Å². The maximum absolute atomic E-state index is 4.60. The first kappa shape index (κ1) is 12.6. The summed E-state index contributed by atoms with van der Waals surface area (Å²) in [7, 11) is 0. The Morgan fingerprint density at radius 1 is 1.41 bits per heavy atom. The van der Waals surface area contributed by atoms with Crippen molar-refractivity contribution < 1.29 is 0 Å². The molecule has 0 saturated heterocycles. The van der Waals surface area contributed by atoms with Gasteiger partial charge in [-0.25, -0.2) is 0 Å². The number of nitrogens with zero attached hydrogens (tertiary/aromatic N) is 2. The van der Waals surface area contributed by atoms with Gasteiger partial charge in [0.25, 0.3) is 0 Å². The summed E-state index contributed by atoms with van der Waals surface area (Å²) in [6.45, 7) is 9.83. The highest BCUT2D eigenvalue weighted by Crippen LogP contribution is 2.42. The monoisotopic (exact) mass is 235 g/mol. The van der Waals surface area contributed by atoms with Crippen LogP contribution >= 0.6 is 0 Å². The standard InChI is InChI=1S/C14H25N3/c1-5-11(4)17-14(12-6-7-12)13(9-16-17)8-15-10(2)3/h9-12,15H,5-8H2,1-4H3. The maximum atomic E-state index is 4.60. The van der Waals surface area contributed by atoms with Gasteiger partial charge in [-0.05, 0) is 26.2 Å². The van der Waals surface area contributed by atoms with Crippen LogP contribution in [0.1, 0.15) is 70.2 Å². The lowest BCUT2D eigenvalue weighted by molar-refractivity contribution is 0.458. The Morgan fingerprint density at radius 3 is 2.65 bits per heavy atom. The minimum absolute atomic E-state index is 0.526. The predicted octanol–water partition coefficient (Wildman–Crippen LogP) is 3.23. The molecule has 1 unspecified atom stereocenters. The van der Waals surface area contributed by atoms with Gasteiger partial charge in [0.1, 0.15) is 0 Å². The molecule has 1 aromatic heterocycles. The summed E-state index contributed by atoms with van der Waals surface area (Å²) in [5.74, 6) is 0.774. The first-order valence-corrected chi connectivity index (χ1v) is 6.93. The first-order chi connectivity index (χ1) is 8.13. The van der Waals surface area contributed by atoms with Gasteiger partial charge in [0.05, 0.1) is 6.20 Å². The molecule has 1 aliphatic rings. The Bertz CT molecular complexity index is 364. The summed E-state index contributed by atoms with van der Waals surface area (Å²) in [6, 6.07) is 1.06. The molecule has 0 bridgehead atoms. The maximum Gasteiger partial charge on any atom is 0.0537 e. The molecule has 1 saturated carbocycles. The van der Waals surface area contributed by atoms with Crippen molar-refractivity contribution in [3.8, 4) is 0 Å². The molecular formula is C14H25N3. The molecule has 3 heteroatoms. The zero-order chi connectivity index (χ0) is 12.4. The Kier molecular flexibility index (Phi) is 3.87. The van der Waals surface area contributed by atoms with Crippen molar-refractivity contribution >= 4 is 0 Å². The number of rotatable bonds is 6. The summed E-state index contributed by atoms with van der Waals surface area (Å²) in [4.78, 5) is 0. The topological polar surface area (TPSA) is 29.9 Å². The Morgan fingerprint density at radius 2 is 2.12 bits per heavy atom. The third kappa shape index (κ3) is 2.89. The van der Waals surface area contributed by atoms with E-state index in [4.69, 9.17) is 0 Å². The SMILES string of the molecule is CCC(C)n1ncc(CNC(C)C)c1C1CC1. The fourth-order valence-corrected chi connectivity index (χ4v) is 2.19. The summed E-state index contributed by atoms with van der Waals surface area (Å²) >= 11 is 0. The van der Waals surface area contributed by atoms with Gasteiger partial charge in [0.2, 0.25) is 0 Å². The molecule has 17 heavy (non-hydrogen) atoms. The van der Waals surface area contributed by atoms with Gasteiger partial charge in [-0.1, -0.05) is 20.8 Å². The smallest absolute Gasteiger partial charge is 0.0537 e. The van der Waals surface area contributed by atoms with Gasteiger partial charge in [-0.15, -0.1) is 0 Å². The van der Waals surface area contributed by atoms with E-state index in [0.29, 0.717) is 12.1 Å². The largest absolute Gasteiger partial charge is 0.310 e. The predicted molar refractivity (Wildman–Crippen MR) is 71.2 cm³/mol. The Hall–Kier alpha value is -0.830. The van der Waals surface area contributed by atoms with Crippen LogP contribution in [0.15, 0.2) is 6.20 Å². The number of hydrogen-bond acceptors (Lipinski definition) is 2. The first-order valence-electron chi connectivity index (χ1n) is 6.93. The quantitative estimate of drug-likeness (QED) is 0.820. The van der Waals surface area contributed by atoms with E-state index in [1.165, 1.54) is 24.1 Å². The third-order valence-corrected chi connectivity index (χ3v) is 3.59. The minimum atomic E-state index is 0.526. The second kappa shape index (κ2) is 5.21. The second-order valence-corrected chi connectivity index (χ2v) is 5.57. The number of aromatic nitrogens is 2. The van der Waals surface area contributed by atoms with E-state index in [2.05, 4.69) is 49.0 Å². The van der Waals surface area contributed by atoms with E-state index in [1.54, 1.807) is 0 Å². The van der Waals surface area contributed by atoms with Crippen LogP contribution in [0.3, 0.4) is 0 Å². The third-order valence-electron chi connectivity index (χ3n) is 3.59. The van der Waals surface area contributed by atoms with E-state index in [-0.39, 0.29) is 0 Å². The van der Waals surface area contributed by atoms with Crippen LogP contribution in [-0.2, 0) is 6.54 Å². The van der Waals surface area contributed by atoms with Crippen molar-refractivity contribution in [3.63, 3.8) is 0 Å². The summed E-state index contributed by atoms with van der Waals surface area (Å²) < 4.78 is 2.26. The normalized spacial score (nSPS) is 17.7. The zero-order valence-corrected chi connectivity index (χ0v) is 11.5. The molecule has 0 spiro atoms. The van der Waals surface area contributed by atoms with Crippen molar-refractivity contribution in [2.45, 2.75) is 71.5 Å². The molecule has 0 aliphatic heterocycles. The van der Waals surface area contributed by atoms with E-state index >= 15 is 0 Å². The van der Waals surface area contributed by atoms with Crippen molar-refractivity contribution in [1.82, 2.24) is 15.1 Å². The van der Waals surface area contributed by atoms with E-state index < -0.39 is 0 Å². The highest BCUT2D eigenvalue weighted by molar-refractivity contribution is 5.26. The fraction of sp³-hybridized carbons (Fsp3) is 0.786. The minimum Gasteiger partial charge on any atom is -0.310 e. The summed E-state index contributed by atoms with van der Waals surface area (Å²) in [5, 5.41) is 8.10. The van der Waals surface area contributed by atoms with Crippen LogP contribution < -0.4 is 5.32 Å². The average molecular weight is 235 g/mol. The lowest BCUT2D eigenvalue weighted by Gasteiger charge is -2.15. The van der Waals surface area contributed by atoms with Crippen LogP contribution in [0.25, 0.3) is 0 Å². The van der Waals surface area contributed by atoms with Crippen LogP contribution in [0.2, 0.25) is 0 Å². The van der Waals surface area contributed by atoms with Crippen LogP contribution in [-0.4, -0.2) is 15.8 Å². The average Bonchev–Trinajstić information content (AvgIpc) is 3.05. The lowest BCUT2D eigenvalue weighted by Crippen LogP contribution is -2.22. The molecule has 1 N–H and O–H groups in total. The zero-order valence-electron chi connectivity index (χ0n) is 11.5. The van der Waals surface area contributed by atoms with Gasteiger partial charge in [0.15, 0.2) is 0 Å². The highest BCUT2D eigenvalue weighted by Gasteiger charge is 2.30. The van der Waals surface area contributed by atoms with Crippen LogP contribution in [0, 0.1) is 0 Å². The van der Waals surface area contributed by atoms with E-state index in [0.717, 1.165) is 18.9 Å². The van der Waals surface area contributed by atoms with Crippen LogP contribution in [0.4, 0.5) is 0 Å². The van der Waals surface area contributed by atoms with E-state index in [1.807, 2.05) is 0 Å². The number of hydrogen-bond donors (Lipinski definition) is 1. The Balaban J connectivity index is 2.17. The molecule has 1 aliphatic carbocycles. The van der Waals surface area contributed by atoms with Gasteiger partial charge >= 0.3 is 0 Å². The molecular weight excluding hydrogens is 210 g/mol. The van der Waals surface area contributed by atoms with Crippen molar-refractivity contribution in [2.24, 2.45) is 0 Å². The molecule has 2 rings (SSSR count). The molecule has 1 aromatic rings. The molecule has 0 amide bonds. The molecule has 0 radical (unpaired) electrons. The van der Waals surface area contributed by atoms with Gasteiger partial charge in [-0.3, -0.25) is 4.68 Å². The van der Waals surface area contributed by atoms with Crippen LogP contribution in [0.5, 0.6) is 0 Å². The summed E-state index contributed by atoms with van der Waals surface area (Å²) in [6.07, 6.45) is 5.90. The molecule has 3 nitrogen and oxygen atoms in total. The van der Waals surface area contributed by atoms with Gasteiger partial charge in [-0.2, -0.15) is 5.10 Å². The number of nitrogens with one attached hydrogen (secondary N) is 1. The van der Waals surface area contributed by atoms with Gasteiger partial charge in [0, 0.05) is 35.8 Å². The van der Waals surface area contributed by atoms with E-state index in [9.17, 15) is 0 Å². The van der Waals surface area contributed by atoms with Gasteiger partial charge < -0.3 is 5.32 Å². The van der Waals surface area contributed by atoms with Crippen molar-refractivity contribution in [2.75, 3.05) is 0 Å². The molecule has 96 valence electrons. The second-order valence-electron chi connectivity index (χ2n) is 5.57. The molecule has 1 fully saturated rings. The molecule has 1 heterocycles. The summed E-state index contributed by atoms with van der Waals surface area (Å²) in [5.41, 5.74) is 2.90. The lowest BCUT2D eigenvalue weighted by atomic mass is 10.1. The highest BCUT2D eigenvalue weighted by atomic mass is 15.3. The molecule has 0 aromatic carbocycles. The Labute approximate surface area is 105 Å².